The first kappa shape index (κ1) is 24.8. The van der Waals surface area contributed by atoms with E-state index in [1.807, 2.05) is 48.5 Å². The van der Waals surface area contributed by atoms with Crippen molar-refractivity contribution in [2.24, 2.45) is 4.99 Å². The minimum Gasteiger partial charge on any atom is -0.369 e. The van der Waals surface area contributed by atoms with E-state index in [2.05, 4.69) is 45.9 Å². The predicted octanol–water partition coefficient (Wildman–Crippen LogP) is 4.34. The lowest BCUT2D eigenvalue weighted by molar-refractivity contribution is -0.117. The van der Waals surface area contributed by atoms with E-state index in [1.165, 1.54) is 0 Å². The third-order valence-electron chi connectivity index (χ3n) is 5.90. The predicted molar refractivity (Wildman–Crippen MR) is 141 cm³/mol. The zero-order valence-electron chi connectivity index (χ0n) is 18.2. The summed E-state index contributed by atoms with van der Waals surface area (Å²) in [6.45, 7) is 3.87. The van der Waals surface area contributed by atoms with Gasteiger partial charge in [0.2, 0.25) is 5.91 Å². The molecular weight excluding hydrogens is 455 g/mol. The molecule has 33 heavy (non-hydrogen) atoms. The molecule has 0 unspecified atom stereocenters. The highest BCUT2D eigenvalue weighted by atomic mass is 35.5. The van der Waals surface area contributed by atoms with Crippen molar-refractivity contribution in [3.05, 3.63) is 95.6 Å². The van der Waals surface area contributed by atoms with Gasteiger partial charge < -0.3 is 15.5 Å². The van der Waals surface area contributed by atoms with E-state index in [0.717, 1.165) is 60.0 Å². The highest BCUT2D eigenvalue weighted by Crippen LogP contribution is 2.30. The summed E-state index contributed by atoms with van der Waals surface area (Å²) in [7, 11) is 0. The Morgan fingerprint density at radius 3 is 2.24 bits per heavy atom. The van der Waals surface area contributed by atoms with Crippen LogP contribution in [-0.2, 0) is 11.2 Å². The van der Waals surface area contributed by atoms with E-state index in [4.69, 9.17) is 4.99 Å². The number of nitrogens with zero attached hydrogens (tertiary/aromatic N) is 2. The van der Waals surface area contributed by atoms with Crippen LogP contribution in [0.4, 0.5) is 11.4 Å². The molecule has 2 N–H and O–H groups in total. The minimum atomic E-state index is -0.479. The lowest BCUT2D eigenvalue weighted by Crippen LogP contribution is -2.43. The topological polar surface area (TPSA) is 56.7 Å². The van der Waals surface area contributed by atoms with Gasteiger partial charge in [-0.3, -0.25) is 9.79 Å². The number of piperazine rings is 1. The van der Waals surface area contributed by atoms with Gasteiger partial charge in [0.05, 0.1) is 11.4 Å². The Balaban J connectivity index is 0.00000153. The SMILES string of the molecule is Cl.Cl.O=C1Nc2cc(N3CCNCC3)ccc2C(c2ccccc2)=N[C@H]1Cc1ccccc1. The number of fused-ring (bicyclic) bond motifs is 1. The Bertz CT molecular complexity index is 1100. The molecule has 0 bridgehead atoms. The fourth-order valence-electron chi connectivity index (χ4n) is 4.26. The molecule has 0 aliphatic carbocycles. The van der Waals surface area contributed by atoms with Gasteiger partial charge in [-0.1, -0.05) is 60.7 Å². The van der Waals surface area contributed by atoms with Gasteiger partial charge in [-0.2, -0.15) is 0 Å². The molecule has 1 atom stereocenters. The van der Waals surface area contributed by atoms with Crippen LogP contribution in [0.25, 0.3) is 0 Å². The van der Waals surface area contributed by atoms with Crippen molar-refractivity contribution in [1.29, 1.82) is 0 Å². The van der Waals surface area contributed by atoms with E-state index in [9.17, 15) is 4.79 Å². The molecule has 1 saturated heterocycles. The zero-order valence-corrected chi connectivity index (χ0v) is 19.9. The number of nitrogens with one attached hydrogen (secondary N) is 2. The molecule has 0 spiro atoms. The summed E-state index contributed by atoms with van der Waals surface area (Å²) in [5.41, 5.74) is 5.92. The molecule has 1 amide bonds. The van der Waals surface area contributed by atoms with Crippen molar-refractivity contribution in [1.82, 2.24) is 5.32 Å². The van der Waals surface area contributed by atoms with E-state index < -0.39 is 6.04 Å². The molecule has 2 aliphatic rings. The third kappa shape index (κ3) is 5.56. The summed E-state index contributed by atoms with van der Waals surface area (Å²) >= 11 is 0. The maximum atomic E-state index is 13.2. The monoisotopic (exact) mass is 482 g/mol. The Labute approximate surface area is 207 Å². The third-order valence-corrected chi connectivity index (χ3v) is 5.90. The Morgan fingerprint density at radius 1 is 0.879 bits per heavy atom. The summed E-state index contributed by atoms with van der Waals surface area (Å²) in [4.78, 5) is 20.5. The van der Waals surface area contributed by atoms with E-state index in [0.29, 0.717) is 6.42 Å². The maximum absolute atomic E-state index is 13.2. The standard InChI is InChI=1S/C26H26N4O.2ClH/c31-26-24(17-19-7-3-1-4-8-19)28-25(20-9-5-2-6-10-20)22-12-11-21(18-23(22)29-26)30-15-13-27-14-16-30;;/h1-12,18,24,27H,13-17H2,(H,29,31);2*1H/t24-;;/m0../s1. The van der Waals surface area contributed by atoms with Crippen LogP contribution in [0.15, 0.2) is 83.9 Å². The summed E-state index contributed by atoms with van der Waals surface area (Å²) in [5, 5.41) is 6.57. The smallest absolute Gasteiger partial charge is 0.249 e. The number of halogens is 2. The van der Waals surface area contributed by atoms with Crippen molar-refractivity contribution in [2.45, 2.75) is 12.5 Å². The number of benzene rings is 3. The van der Waals surface area contributed by atoms with Crippen LogP contribution < -0.4 is 15.5 Å². The number of hydrogen-bond acceptors (Lipinski definition) is 4. The van der Waals surface area contributed by atoms with E-state index in [1.54, 1.807) is 0 Å². The van der Waals surface area contributed by atoms with Gasteiger partial charge in [-0.15, -0.1) is 24.8 Å². The molecule has 3 aromatic rings. The number of hydrogen-bond donors (Lipinski definition) is 2. The molecule has 0 aromatic heterocycles. The molecule has 2 aliphatic heterocycles. The Kier molecular flexibility index (Phi) is 8.50. The van der Waals surface area contributed by atoms with Gasteiger partial charge in [-0.25, -0.2) is 0 Å². The molecule has 0 saturated carbocycles. The van der Waals surface area contributed by atoms with Crippen molar-refractivity contribution in [2.75, 3.05) is 36.4 Å². The van der Waals surface area contributed by atoms with E-state index >= 15 is 0 Å². The van der Waals surface area contributed by atoms with Crippen LogP contribution in [0.1, 0.15) is 16.7 Å². The van der Waals surface area contributed by atoms with Gasteiger partial charge in [0.1, 0.15) is 6.04 Å². The molecule has 7 heteroatoms. The molecule has 2 heterocycles. The first-order valence-corrected chi connectivity index (χ1v) is 10.9. The maximum Gasteiger partial charge on any atom is 0.249 e. The molecule has 5 nitrogen and oxygen atoms in total. The number of aliphatic imine (C=N–C) groups is 1. The van der Waals surface area contributed by atoms with Crippen LogP contribution in [0.2, 0.25) is 0 Å². The van der Waals surface area contributed by atoms with Crippen molar-refractivity contribution < 1.29 is 4.79 Å². The van der Waals surface area contributed by atoms with Crippen molar-refractivity contribution in [3.8, 4) is 0 Å². The summed E-state index contributed by atoms with van der Waals surface area (Å²) in [5.74, 6) is -0.0616. The number of anilines is 2. The second kappa shape index (κ2) is 11.3. The molecule has 3 aromatic carbocycles. The van der Waals surface area contributed by atoms with Crippen LogP contribution in [0.3, 0.4) is 0 Å². The average Bonchev–Trinajstić information content (AvgIpc) is 2.96. The van der Waals surface area contributed by atoms with Crippen LogP contribution >= 0.6 is 24.8 Å². The largest absolute Gasteiger partial charge is 0.369 e. The zero-order chi connectivity index (χ0) is 21.0. The second-order valence-corrected chi connectivity index (χ2v) is 8.01. The molecule has 172 valence electrons. The van der Waals surface area contributed by atoms with Crippen LogP contribution in [-0.4, -0.2) is 43.8 Å². The quantitative estimate of drug-likeness (QED) is 0.581. The highest BCUT2D eigenvalue weighted by molar-refractivity contribution is 6.20. The van der Waals surface area contributed by atoms with Crippen molar-refractivity contribution >= 4 is 47.8 Å². The van der Waals surface area contributed by atoms with Crippen molar-refractivity contribution in [3.63, 3.8) is 0 Å². The molecular formula is C26H28Cl2N4O. The molecule has 0 radical (unpaired) electrons. The average molecular weight is 483 g/mol. The normalized spacial score (nSPS) is 17.5. The number of rotatable bonds is 4. The number of benzodiazepines with no additional fused rings is 1. The summed E-state index contributed by atoms with van der Waals surface area (Å²) in [6, 6.07) is 26.1. The van der Waals surface area contributed by atoms with Gasteiger partial charge in [0.15, 0.2) is 0 Å². The van der Waals surface area contributed by atoms with Gasteiger partial charge in [0.25, 0.3) is 0 Å². The summed E-state index contributed by atoms with van der Waals surface area (Å²) < 4.78 is 0. The number of carbonyl (C=O) groups is 1. The minimum absolute atomic E-state index is 0. The molecule has 1 fully saturated rings. The lowest BCUT2D eigenvalue weighted by Gasteiger charge is -2.30. The number of carbonyl (C=O) groups excluding carboxylic acids is 1. The highest BCUT2D eigenvalue weighted by Gasteiger charge is 2.27. The Hall–Kier alpha value is -2.86. The summed E-state index contributed by atoms with van der Waals surface area (Å²) in [6.07, 6.45) is 0.571. The van der Waals surface area contributed by atoms with Gasteiger partial charge in [0, 0.05) is 49.4 Å². The Morgan fingerprint density at radius 2 is 1.55 bits per heavy atom. The second-order valence-electron chi connectivity index (χ2n) is 8.01. The first-order chi connectivity index (χ1) is 15.3. The van der Waals surface area contributed by atoms with Crippen LogP contribution in [0.5, 0.6) is 0 Å². The lowest BCUT2D eigenvalue weighted by atomic mass is 9.99. The number of amides is 1. The first-order valence-electron chi connectivity index (χ1n) is 10.9. The fourth-order valence-corrected chi connectivity index (χ4v) is 4.26. The van der Waals surface area contributed by atoms with Gasteiger partial charge >= 0.3 is 0 Å². The fraction of sp³-hybridized carbons (Fsp3) is 0.231. The van der Waals surface area contributed by atoms with Gasteiger partial charge in [-0.05, 0) is 23.8 Å². The van der Waals surface area contributed by atoms with Crippen LogP contribution in [0, 0.1) is 0 Å². The van der Waals surface area contributed by atoms with E-state index in [-0.39, 0.29) is 30.7 Å². The molecule has 5 rings (SSSR count).